The average Bonchev–Trinajstić information content (AvgIpc) is 2.88. The van der Waals surface area contributed by atoms with Crippen LogP contribution in [-0.2, 0) is 4.79 Å². The molecule has 0 aromatic carbocycles. The van der Waals surface area contributed by atoms with E-state index in [0.29, 0.717) is 17.9 Å². The van der Waals surface area contributed by atoms with Crippen molar-refractivity contribution in [3.8, 4) is 0 Å². The molecule has 2 fully saturated rings. The Labute approximate surface area is 105 Å². The number of nitrogens with zero attached hydrogens (tertiary/aromatic N) is 1. The second kappa shape index (κ2) is 4.60. The van der Waals surface area contributed by atoms with Crippen molar-refractivity contribution in [2.45, 2.75) is 77.5 Å². The van der Waals surface area contributed by atoms with Crippen molar-refractivity contribution in [2.24, 2.45) is 5.92 Å². The summed E-state index contributed by atoms with van der Waals surface area (Å²) in [5.74, 6) is 1.01. The minimum absolute atomic E-state index is 0.183. The van der Waals surface area contributed by atoms with Crippen molar-refractivity contribution < 1.29 is 4.79 Å². The highest BCUT2D eigenvalue weighted by Crippen LogP contribution is 2.34. The highest BCUT2D eigenvalue weighted by Gasteiger charge is 2.47. The number of amides is 1. The van der Waals surface area contributed by atoms with Crippen LogP contribution >= 0.6 is 0 Å². The van der Waals surface area contributed by atoms with Gasteiger partial charge in [-0.25, -0.2) is 0 Å². The molecule has 0 bridgehead atoms. The fraction of sp³-hybridized carbons (Fsp3) is 0.929. The van der Waals surface area contributed by atoms with E-state index in [0.717, 1.165) is 6.42 Å². The molecule has 3 heteroatoms. The number of hydrogen-bond donors (Lipinski definition) is 1. The largest absolute Gasteiger partial charge is 0.323 e. The molecule has 0 spiro atoms. The van der Waals surface area contributed by atoms with Gasteiger partial charge in [0.15, 0.2) is 0 Å². The molecule has 0 radical (unpaired) electrons. The summed E-state index contributed by atoms with van der Waals surface area (Å²) in [4.78, 5) is 14.6. The van der Waals surface area contributed by atoms with Crippen molar-refractivity contribution in [1.82, 2.24) is 10.2 Å². The topological polar surface area (TPSA) is 32.3 Å². The molecule has 0 aromatic rings. The van der Waals surface area contributed by atoms with Gasteiger partial charge in [-0.05, 0) is 46.0 Å². The van der Waals surface area contributed by atoms with Crippen LogP contribution < -0.4 is 5.32 Å². The van der Waals surface area contributed by atoms with Gasteiger partial charge in [0, 0.05) is 6.04 Å². The molecular weight excluding hydrogens is 212 g/mol. The van der Waals surface area contributed by atoms with Crippen molar-refractivity contribution in [1.29, 1.82) is 0 Å². The first-order valence-electron chi connectivity index (χ1n) is 7.10. The molecule has 17 heavy (non-hydrogen) atoms. The van der Waals surface area contributed by atoms with Crippen LogP contribution in [-0.4, -0.2) is 28.6 Å². The fourth-order valence-corrected chi connectivity index (χ4v) is 3.51. The molecule has 1 N–H and O–H groups in total. The summed E-state index contributed by atoms with van der Waals surface area (Å²) in [7, 11) is 0. The third kappa shape index (κ3) is 2.10. The summed E-state index contributed by atoms with van der Waals surface area (Å²) in [6, 6.07) is 0.390. The molecule has 3 nitrogen and oxygen atoms in total. The summed E-state index contributed by atoms with van der Waals surface area (Å²) in [5, 5.41) is 3.46. The second-order valence-electron chi connectivity index (χ2n) is 6.00. The van der Waals surface area contributed by atoms with E-state index in [4.69, 9.17) is 0 Å². The Morgan fingerprint density at radius 1 is 1.47 bits per heavy atom. The molecule has 1 aliphatic carbocycles. The van der Waals surface area contributed by atoms with Crippen LogP contribution in [0.5, 0.6) is 0 Å². The van der Waals surface area contributed by atoms with E-state index in [-0.39, 0.29) is 11.7 Å². The number of hydrogen-bond acceptors (Lipinski definition) is 2. The Hall–Kier alpha value is -0.570. The Kier molecular flexibility index (Phi) is 3.48. The van der Waals surface area contributed by atoms with Gasteiger partial charge in [0.25, 0.3) is 0 Å². The monoisotopic (exact) mass is 238 g/mol. The van der Waals surface area contributed by atoms with E-state index in [1.807, 2.05) is 6.92 Å². The highest BCUT2D eigenvalue weighted by atomic mass is 16.2. The predicted octanol–water partition coefficient (Wildman–Crippen LogP) is 2.51. The fourth-order valence-electron chi connectivity index (χ4n) is 3.51. The second-order valence-corrected chi connectivity index (χ2v) is 6.00. The summed E-state index contributed by atoms with van der Waals surface area (Å²) >= 11 is 0. The van der Waals surface area contributed by atoms with E-state index in [9.17, 15) is 4.79 Å². The summed E-state index contributed by atoms with van der Waals surface area (Å²) in [6.07, 6.45) is 6.31. The number of rotatable bonds is 3. The first-order valence-corrected chi connectivity index (χ1v) is 7.10. The summed E-state index contributed by atoms with van der Waals surface area (Å²) < 4.78 is 0. The molecule has 1 amide bonds. The van der Waals surface area contributed by atoms with Crippen molar-refractivity contribution >= 4 is 5.91 Å². The van der Waals surface area contributed by atoms with E-state index in [2.05, 4.69) is 31.0 Å². The minimum Gasteiger partial charge on any atom is -0.323 e. The standard InChI is InChI=1S/C14H26N2O/c1-5-14(4)13(17)16(11(3)15-14)10(2)12-8-6-7-9-12/h10-12,15H,5-9H2,1-4H3. The molecule has 1 aliphatic heterocycles. The van der Waals surface area contributed by atoms with Crippen LogP contribution in [0.15, 0.2) is 0 Å². The number of carbonyl (C=O) groups is 1. The van der Waals surface area contributed by atoms with Crippen molar-refractivity contribution in [2.75, 3.05) is 0 Å². The molecule has 1 heterocycles. The first kappa shape index (κ1) is 12.9. The lowest BCUT2D eigenvalue weighted by Gasteiger charge is -2.33. The SMILES string of the molecule is CCC1(C)NC(C)N(C(C)C2CCCC2)C1=O. The van der Waals surface area contributed by atoms with Crippen LogP contribution in [0.3, 0.4) is 0 Å². The predicted molar refractivity (Wildman–Crippen MR) is 69.6 cm³/mol. The van der Waals surface area contributed by atoms with E-state index < -0.39 is 0 Å². The van der Waals surface area contributed by atoms with Crippen LogP contribution in [0.1, 0.15) is 59.8 Å². The molecule has 2 rings (SSSR count). The van der Waals surface area contributed by atoms with Gasteiger partial charge in [-0.15, -0.1) is 0 Å². The Balaban J connectivity index is 2.12. The smallest absolute Gasteiger partial charge is 0.244 e. The zero-order chi connectivity index (χ0) is 12.6. The van der Waals surface area contributed by atoms with Gasteiger partial charge >= 0.3 is 0 Å². The molecule has 3 unspecified atom stereocenters. The molecule has 98 valence electrons. The van der Waals surface area contributed by atoms with Gasteiger partial charge in [-0.2, -0.15) is 0 Å². The lowest BCUT2D eigenvalue weighted by Crippen LogP contribution is -2.46. The third-order valence-electron chi connectivity index (χ3n) is 4.88. The van der Waals surface area contributed by atoms with E-state index in [1.165, 1.54) is 25.7 Å². The normalized spacial score (nSPS) is 36.8. The zero-order valence-corrected chi connectivity index (χ0v) is 11.6. The van der Waals surface area contributed by atoms with Gasteiger partial charge in [0.05, 0.1) is 11.7 Å². The molecule has 3 atom stereocenters. The number of nitrogens with one attached hydrogen (secondary N) is 1. The lowest BCUT2D eigenvalue weighted by molar-refractivity contribution is -0.135. The van der Waals surface area contributed by atoms with Gasteiger partial charge in [0.2, 0.25) is 5.91 Å². The first-order chi connectivity index (χ1) is 7.99. The summed E-state index contributed by atoms with van der Waals surface area (Å²) in [6.45, 7) is 8.46. The van der Waals surface area contributed by atoms with Gasteiger partial charge in [0.1, 0.15) is 0 Å². The van der Waals surface area contributed by atoms with Crippen molar-refractivity contribution in [3.63, 3.8) is 0 Å². The van der Waals surface area contributed by atoms with E-state index in [1.54, 1.807) is 0 Å². The average molecular weight is 238 g/mol. The van der Waals surface area contributed by atoms with Crippen LogP contribution in [0.25, 0.3) is 0 Å². The molecular formula is C14H26N2O. The Morgan fingerprint density at radius 2 is 2.06 bits per heavy atom. The lowest BCUT2D eigenvalue weighted by atomic mass is 9.95. The number of carbonyl (C=O) groups excluding carboxylic acids is 1. The molecule has 1 saturated carbocycles. The van der Waals surface area contributed by atoms with Crippen LogP contribution in [0.2, 0.25) is 0 Å². The highest BCUT2D eigenvalue weighted by molar-refractivity contribution is 5.88. The summed E-state index contributed by atoms with van der Waals surface area (Å²) in [5.41, 5.74) is -0.341. The zero-order valence-electron chi connectivity index (χ0n) is 11.6. The minimum atomic E-state index is -0.341. The van der Waals surface area contributed by atoms with Gasteiger partial charge in [-0.3, -0.25) is 10.1 Å². The van der Waals surface area contributed by atoms with Crippen molar-refractivity contribution in [3.05, 3.63) is 0 Å². The van der Waals surface area contributed by atoms with Crippen LogP contribution in [0, 0.1) is 5.92 Å². The van der Waals surface area contributed by atoms with Gasteiger partial charge in [-0.1, -0.05) is 19.8 Å². The third-order valence-corrected chi connectivity index (χ3v) is 4.88. The molecule has 0 aromatic heterocycles. The van der Waals surface area contributed by atoms with Crippen LogP contribution in [0.4, 0.5) is 0 Å². The van der Waals surface area contributed by atoms with E-state index >= 15 is 0 Å². The van der Waals surface area contributed by atoms with Gasteiger partial charge < -0.3 is 4.90 Å². The Morgan fingerprint density at radius 3 is 2.53 bits per heavy atom. The maximum atomic E-state index is 12.5. The molecule has 2 aliphatic rings. The molecule has 1 saturated heterocycles. The quantitative estimate of drug-likeness (QED) is 0.819. The maximum Gasteiger partial charge on any atom is 0.244 e. The Bertz CT molecular complexity index is 299. The maximum absolute atomic E-state index is 12.5.